The van der Waals surface area contributed by atoms with Crippen LogP contribution in [0.25, 0.3) is 10.8 Å². The smallest absolute Gasteiger partial charge is 0.319 e. The SMILES string of the molecule is CCCCN(CC)CCCNC(=O)Nc1cn(C)c(=O)c2ccccc12. The Labute approximate surface area is 155 Å². The molecule has 1 heterocycles. The summed E-state index contributed by atoms with van der Waals surface area (Å²) in [6.07, 6.45) is 4.99. The Morgan fingerprint density at radius 1 is 1.12 bits per heavy atom. The van der Waals surface area contributed by atoms with E-state index in [1.165, 1.54) is 17.4 Å². The van der Waals surface area contributed by atoms with Crippen LogP contribution in [0.1, 0.15) is 33.1 Å². The zero-order valence-electron chi connectivity index (χ0n) is 16.0. The average molecular weight is 358 g/mol. The zero-order valence-corrected chi connectivity index (χ0v) is 16.0. The summed E-state index contributed by atoms with van der Waals surface area (Å²) in [6.45, 7) is 8.13. The second-order valence-corrected chi connectivity index (χ2v) is 6.53. The van der Waals surface area contributed by atoms with Gasteiger partial charge in [-0.3, -0.25) is 4.79 Å². The molecule has 0 unspecified atom stereocenters. The fourth-order valence-electron chi connectivity index (χ4n) is 3.00. The summed E-state index contributed by atoms with van der Waals surface area (Å²) in [4.78, 5) is 26.8. The number of rotatable bonds is 9. The van der Waals surface area contributed by atoms with E-state index in [1.54, 1.807) is 19.3 Å². The zero-order chi connectivity index (χ0) is 18.9. The first-order chi connectivity index (χ1) is 12.6. The van der Waals surface area contributed by atoms with Crippen molar-refractivity contribution in [2.75, 3.05) is 31.5 Å². The molecule has 26 heavy (non-hydrogen) atoms. The third-order valence-corrected chi connectivity index (χ3v) is 4.55. The van der Waals surface area contributed by atoms with E-state index in [1.807, 2.05) is 18.2 Å². The van der Waals surface area contributed by atoms with Gasteiger partial charge in [0.2, 0.25) is 0 Å². The molecular formula is C20H30N4O2. The third-order valence-electron chi connectivity index (χ3n) is 4.55. The molecule has 0 spiro atoms. The van der Waals surface area contributed by atoms with Crippen molar-refractivity contribution in [2.45, 2.75) is 33.1 Å². The normalized spacial score (nSPS) is 11.1. The number of benzene rings is 1. The van der Waals surface area contributed by atoms with Crippen LogP contribution in [0.3, 0.4) is 0 Å². The van der Waals surface area contributed by atoms with Crippen molar-refractivity contribution >= 4 is 22.5 Å². The number of hydrogen-bond donors (Lipinski definition) is 2. The number of urea groups is 1. The van der Waals surface area contributed by atoms with Gasteiger partial charge in [-0.1, -0.05) is 38.5 Å². The van der Waals surface area contributed by atoms with E-state index in [0.29, 0.717) is 17.6 Å². The highest BCUT2D eigenvalue weighted by atomic mass is 16.2. The first-order valence-corrected chi connectivity index (χ1v) is 9.42. The monoisotopic (exact) mass is 358 g/mol. The summed E-state index contributed by atoms with van der Waals surface area (Å²) in [7, 11) is 1.69. The Balaban J connectivity index is 1.90. The van der Waals surface area contributed by atoms with Crippen molar-refractivity contribution in [3.05, 3.63) is 40.8 Å². The van der Waals surface area contributed by atoms with Crippen molar-refractivity contribution in [3.63, 3.8) is 0 Å². The molecule has 2 aromatic rings. The average Bonchev–Trinajstić information content (AvgIpc) is 2.65. The Kier molecular flexibility index (Phi) is 7.66. The highest BCUT2D eigenvalue weighted by Crippen LogP contribution is 2.19. The molecule has 0 bridgehead atoms. The second kappa shape index (κ2) is 9.97. The predicted molar refractivity (Wildman–Crippen MR) is 108 cm³/mol. The fraction of sp³-hybridized carbons (Fsp3) is 0.500. The molecule has 2 N–H and O–H groups in total. The van der Waals surface area contributed by atoms with Gasteiger partial charge >= 0.3 is 6.03 Å². The fourth-order valence-corrected chi connectivity index (χ4v) is 3.00. The van der Waals surface area contributed by atoms with Crippen LogP contribution in [-0.2, 0) is 7.05 Å². The number of hydrogen-bond acceptors (Lipinski definition) is 3. The van der Waals surface area contributed by atoms with Gasteiger partial charge in [0, 0.05) is 30.6 Å². The van der Waals surface area contributed by atoms with E-state index < -0.39 is 0 Å². The highest BCUT2D eigenvalue weighted by molar-refractivity contribution is 6.00. The Hall–Kier alpha value is -2.34. The van der Waals surface area contributed by atoms with E-state index in [9.17, 15) is 9.59 Å². The maximum Gasteiger partial charge on any atom is 0.319 e. The molecule has 0 saturated carbocycles. The van der Waals surface area contributed by atoms with Crippen molar-refractivity contribution in [1.29, 1.82) is 0 Å². The quantitative estimate of drug-likeness (QED) is 0.677. The van der Waals surface area contributed by atoms with Gasteiger partial charge in [0.15, 0.2) is 0 Å². The van der Waals surface area contributed by atoms with Gasteiger partial charge in [-0.15, -0.1) is 0 Å². The van der Waals surface area contributed by atoms with Gasteiger partial charge in [-0.05, 0) is 38.5 Å². The number of nitrogens with one attached hydrogen (secondary N) is 2. The number of anilines is 1. The minimum absolute atomic E-state index is 0.0710. The lowest BCUT2D eigenvalue weighted by molar-refractivity contribution is 0.249. The first-order valence-electron chi connectivity index (χ1n) is 9.42. The van der Waals surface area contributed by atoms with Crippen molar-refractivity contribution in [1.82, 2.24) is 14.8 Å². The molecule has 0 atom stereocenters. The third kappa shape index (κ3) is 5.33. The molecule has 0 aliphatic heterocycles. The molecule has 0 radical (unpaired) electrons. The van der Waals surface area contributed by atoms with Crippen LogP contribution in [0.15, 0.2) is 35.3 Å². The van der Waals surface area contributed by atoms with E-state index in [4.69, 9.17) is 0 Å². The number of amides is 2. The number of pyridine rings is 1. The number of fused-ring (bicyclic) bond motifs is 1. The maximum absolute atomic E-state index is 12.2. The summed E-state index contributed by atoms with van der Waals surface area (Å²) in [6, 6.07) is 7.06. The molecule has 2 amide bonds. The number of carbonyl (C=O) groups is 1. The van der Waals surface area contributed by atoms with Gasteiger partial charge in [-0.25, -0.2) is 4.79 Å². The van der Waals surface area contributed by atoms with Gasteiger partial charge in [0.05, 0.1) is 5.69 Å². The minimum atomic E-state index is -0.245. The van der Waals surface area contributed by atoms with Crippen LogP contribution in [0, 0.1) is 0 Å². The maximum atomic E-state index is 12.2. The summed E-state index contributed by atoms with van der Waals surface area (Å²) >= 11 is 0. The second-order valence-electron chi connectivity index (χ2n) is 6.53. The molecule has 0 aliphatic rings. The van der Waals surface area contributed by atoms with Crippen molar-refractivity contribution < 1.29 is 4.79 Å². The number of aryl methyl sites for hydroxylation is 1. The topological polar surface area (TPSA) is 66.4 Å². The van der Waals surface area contributed by atoms with Gasteiger partial charge < -0.3 is 20.1 Å². The Bertz CT molecular complexity index is 785. The lowest BCUT2D eigenvalue weighted by Crippen LogP contribution is -2.33. The van der Waals surface area contributed by atoms with Crippen LogP contribution in [-0.4, -0.2) is 41.7 Å². The van der Waals surface area contributed by atoms with Gasteiger partial charge in [0.1, 0.15) is 0 Å². The molecule has 6 nitrogen and oxygen atoms in total. The van der Waals surface area contributed by atoms with E-state index >= 15 is 0 Å². The molecule has 1 aromatic carbocycles. The summed E-state index contributed by atoms with van der Waals surface area (Å²) in [5, 5.41) is 7.12. The van der Waals surface area contributed by atoms with Crippen molar-refractivity contribution in [2.24, 2.45) is 7.05 Å². The first kappa shape index (κ1) is 20.0. The summed E-state index contributed by atoms with van der Waals surface area (Å²) in [5.41, 5.74) is 0.566. The molecule has 2 rings (SSSR count). The van der Waals surface area contributed by atoms with E-state index in [0.717, 1.165) is 31.4 Å². The van der Waals surface area contributed by atoms with Gasteiger partial charge in [0.25, 0.3) is 5.56 Å². The minimum Gasteiger partial charge on any atom is -0.338 e. The van der Waals surface area contributed by atoms with E-state index in [-0.39, 0.29) is 11.6 Å². The van der Waals surface area contributed by atoms with Crippen LogP contribution < -0.4 is 16.2 Å². The highest BCUT2D eigenvalue weighted by Gasteiger charge is 2.09. The molecule has 0 fully saturated rings. The van der Waals surface area contributed by atoms with Gasteiger partial charge in [-0.2, -0.15) is 0 Å². The molecule has 142 valence electrons. The summed E-state index contributed by atoms with van der Waals surface area (Å²) < 4.78 is 1.49. The predicted octanol–water partition coefficient (Wildman–Crippen LogP) is 3.17. The Morgan fingerprint density at radius 3 is 2.50 bits per heavy atom. The number of aromatic nitrogens is 1. The molecule has 0 aliphatic carbocycles. The van der Waals surface area contributed by atoms with Crippen LogP contribution in [0.2, 0.25) is 0 Å². The number of nitrogens with zero attached hydrogens (tertiary/aromatic N) is 2. The largest absolute Gasteiger partial charge is 0.338 e. The lowest BCUT2D eigenvalue weighted by Gasteiger charge is -2.20. The number of unbranched alkanes of at least 4 members (excludes halogenated alkanes) is 1. The molecular weight excluding hydrogens is 328 g/mol. The molecule has 1 aromatic heterocycles. The van der Waals surface area contributed by atoms with Crippen molar-refractivity contribution in [3.8, 4) is 0 Å². The van der Waals surface area contributed by atoms with Crippen LogP contribution in [0.4, 0.5) is 10.5 Å². The Morgan fingerprint density at radius 2 is 1.81 bits per heavy atom. The molecule has 6 heteroatoms. The molecule has 0 saturated heterocycles. The van der Waals surface area contributed by atoms with E-state index in [2.05, 4.69) is 29.4 Å². The summed E-state index contributed by atoms with van der Waals surface area (Å²) in [5.74, 6) is 0. The number of carbonyl (C=O) groups excluding carboxylic acids is 1. The lowest BCUT2D eigenvalue weighted by atomic mass is 10.1. The standard InChI is InChI=1S/C20H30N4O2/c1-4-6-13-24(5-2)14-9-12-21-20(26)22-18-15-23(3)19(25)17-11-8-7-10-16(17)18/h7-8,10-11,15H,4-6,9,12-14H2,1-3H3,(H2,21,22,26). The van der Waals surface area contributed by atoms with Crippen LogP contribution >= 0.6 is 0 Å². The van der Waals surface area contributed by atoms with Crippen LogP contribution in [0.5, 0.6) is 0 Å².